The molecule has 1 aliphatic rings. The van der Waals surface area contributed by atoms with Crippen LogP contribution in [0.3, 0.4) is 0 Å². The van der Waals surface area contributed by atoms with Crippen LogP contribution in [-0.4, -0.2) is 55.4 Å². The lowest BCUT2D eigenvalue weighted by atomic mass is 10.2. The Labute approximate surface area is 163 Å². The molecule has 0 spiro atoms. The minimum Gasteiger partial charge on any atom is -0.494 e. The molecule has 3 rings (SSSR count). The van der Waals surface area contributed by atoms with E-state index in [-0.39, 0.29) is 10.6 Å². The van der Waals surface area contributed by atoms with Crippen molar-refractivity contribution < 1.29 is 18.1 Å². The van der Waals surface area contributed by atoms with E-state index < -0.39 is 14.9 Å². The zero-order valence-electron chi connectivity index (χ0n) is 15.7. The average molecular weight is 406 g/mol. The second kappa shape index (κ2) is 8.11. The first-order valence-electron chi connectivity index (χ1n) is 8.92. The average Bonchev–Trinajstić information content (AvgIpc) is 2.68. The summed E-state index contributed by atoms with van der Waals surface area (Å²) in [4.78, 5) is 16.8. The predicted molar refractivity (Wildman–Crippen MR) is 104 cm³/mol. The largest absolute Gasteiger partial charge is 0.494 e. The lowest BCUT2D eigenvalue weighted by molar-refractivity contribution is -0.385. The molecule has 150 valence electrons. The molecule has 0 atom stereocenters. The number of aromatic nitrogens is 1. The van der Waals surface area contributed by atoms with E-state index in [2.05, 4.69) is 4.98 Å². The second-order valence-corrected chi connectivity index (χ2v) is 8.32. The SMILES string of the molecule is CCOc1ccc(S(=O)(=O)N2CCN(c3ncc([N+](=O)[O-])cc3C)CC2)cc1. The van der Waals surface area contributed by atoms with Gasteiger partial charge in [0.25, 0.3) is 5.69 Å². The number of hydrogen-bond donors (Lipinski definition) is 0. The zero-order valence-corrected chi connectivity index (χ0v) is 16.6. The number of pyridine rings is 1. The van der Waals surface area contributed by atoms with Crippen LogP contribution in [0.2, 0.25) is 0 Å². The molecule has 1 aliphatic heterocycles. The van der Waals surface area contributed by atoms with E-state index >= 15 is 0 Å². The molecule has 0 amide bonds. The quantitative estimate of drug-likeness (QED) is 0.535. The number of piperazine rings is 1. The Hall–Kier alpha value is -2.72. The van der Waals surface area contributed by atoms with Gasteiger partial charge in [0.1, 0.15) is 17.8 Å². The highest BCUT2D eigenvalue weighted by Gasteiger charge is 2.29. The van der Waals surface area contributed by atoms with Gasteiger partial charge in [-0.1, -0.05) is 0 Å². The van der Waals surface area contributed by atoms with Crippen molar-refractivity contribution >= 4 is 21.5 Å². The maximum atomic E-state index is 12.9. The van der Waals surface area contributed by atoms with Gasteiger partial charge in [-0.05, 0) is 43.7 Å². The maximum Gasteiger partial charge on any atom is 0.287 e. The summed E-state index contributed by atoms with van der Waals surface area (Å²) < 4.78 is 32.5. The van der Waals surface area contributed by atoms with E-state index in [0.717, 1.165) is 0 Å². The van der Waals surface area contributed by atoms with Crippen molar-refractivity contribution in [1.29, 1.82) is 0 Å². The molecule has 0 unspecified atom stereocenters. The fourth-order valence-corrected chi connectivity index (χ4v) is 4.57. The van der Waals surface area contributed by atoms with Gasteiger partial charge in [-0.25, -0.2) is 13.4 Å². The van der Waals surface area contributed by atoms with Crippen LogP contribution in [0.25, 0.3) is 0 Å². The van der Waals surface area contributed by atoms with Crippen LogP contribution in [0.15, 0.2) is 41.4 Å². The first kappa shape index (κ1) is 20.0. The lowest BCUT2D eigenvalue weighted by Crippen LogP contribution is -2.49. The third-order valence-electron chi connectivity index (χ3n) is 4.56. The Morgan fingerprint density at radius 3 is 2.36 bits per heavy atom. The van der Waals surface area contributed by atoms with Gasteiger partial charge in [-0.2, -0.15) is 4.31 Å². The van der Waals surface area contributed by atoms with Gasteiger partial charge in [0.15, 0.2) is 0 Å². The number of ether oxygens (including phenoxy) is 1. The smallest absolute Gasteiger partial charge is 0.287 e. The zero-order chi connectivity index (χ0) is 20.3. The van der Waals surface area contributed by atoms with Crippen molar-refractivity contribution in [2.24, 2.45) is 0 Å². The van der Waals surface area contributed by atoms with Gasteiger partial charge in [0.05, 0.1) is 16.4 Å². The van der Waals surface area contributed by atoms with Crippen molar-refractivity contribution in [3.63, 3.8) is 0 Å². The number of anilines is 1. The van der Waals surface area contributed by atoms with Crippen molar-refractivity contribution in [2.75, 3.05) is 37.7 Å². The molecule has 28 heavy (non-hydrogen) atoms. The molecule has 0 aliphatic carbocycles. The minimum absolute atomic E-state index is 0.0574. The first-order valence-corrected chi connectivity index (χ1v) is 10.4. The summed E-state index contributed by atoms with van der Waals surface area (Å²) >= 11 is 0. The molecule has 0 radical (unpaired) electrons. The van der Waals surface area contributed by atoms with Gasteiger partial charge in [0, 0.05) is 32.2 Å². The standard InChI is InChI=1S/C18H22N4O5S/c1-3-27-16-4-6-17(7-5-16)28(25,26)21-10-8-20(9-11-21)18-14(2)12-15(13-19-18)22(23)24/h4-7,12-13H,3,8-11H2,1-2H3. The van der Waals surface area contributed by atoms with Crippen LogP contribution in [0.4, 0.5) is 11.5 Å². The van der Waals surface area contributed by atoms with E-state index in [1.54, 1.807) is 31.2 Å². The van der Waals surface area contributed by atoms with Crippen LogP contribution in [0.5, 0.6) is 5.75 Å². The van der Waals surface area contributed by atoms with Crippen LogP contribution in [-0.2, 0) is 10.0 Å². The number of nitrogens with zero attached hydrogens (tertiary/aromatic N) is 4. The molecule has 2 aromatic rings. The van der Waals surface area contributed by atoms with Gasteiger partial charge in [-0.3, -0.25) is 10.1 Å². The summed E-state index contributed by atoms with van der Waals surface area (Å²) in [5, 5.41) is 10.9. The van der Waals surface area contributed by atoms with Crippen molar-refractivity contribution in [1.82, 2.24) is 9.29 Å². The van der Waals surface area contributed by atoms with E-state index in [4.69, 9.17) is 4.74 Å². The molecule has 0 saturated carbocycles. The topological polar surface area (TPSA) is 106 Å². The summed E-state index contributed by atoms with van der Waals surface area (Å²) in [6.07, 6.45) is 1.23. The Morgan fingerprint density at radius 1 is 1.18 bits per heavy atom. The van der Waals surface area contributed by atoms with Crippen molar-refractivity contribution in [2.45, 2.75) is 18.7 Å². The third kappa shape index (κ3) is 4.07. The van der Waals surface area contributed by atoms with Crippen molar-refractivity contribution in [3.8, 4) is 5.75 Å². The highest BCUT2D eigenvalue weighted by atomic mass is 32.2. The lowest BCUT2D eigenvalue weighted by Gasteiger charge is -2.35. The normalized spacial score (nSPS) is 15.4. The molecule has 0 bridgehead atoms. The predicted octanol–water partition coefficient (Wildman–Crippen LogP) is 2.21. The number of benzene rings is 1. The second-order valence-electron chi connectivity index (χ2n) is 6.39. The van der Waals surface area contributed by atoms with Gasteiger partial charge in [-0.15, -0.1) is 0 Å². The Balaban J connectivity index is 1.70. The first-order chi connectivity index (χ1) is 13.3. The highest BCUT2D eigenvalue weighted by molar-refractivity contribution is 7.89. The fourth-order valence-electron chi connectivity index (χ4n) is 3.15. The molecule has 1 fully saturated rings. The van der Waals surface area contributed by atoms with Crippen LogP contribution in [0, 0.1) is 17.0 Å². The number of hydrogen-bond acceptors (Lipinski definition) is 7. The Morgan fingerprint density at radius 2 is 1.82 bits per heavy atom. The fraction of sp³-hybridized carbons (Fsp3) is 0.389. The third-order valence-corrected chi connectivity index (χ3v) is 6.47. The maximum absolute atomic E-state index is 12.9. The molecule has 0 N–H and O–H groups in total. The summed E-state index contributed by atoms with van der Waals surface area (Å²) in [5.41, 5.74) is 0.634. The monoisotopic (exact) mass is 406 g/mol. The van der Waals surface area contributed by atoms with E-state index in [1.807, 2.05) is 11.8 Å². The Kier molecular flexibility index (Phi) is 5.80. The number of rotatable bonds is 6. The summed E-state index contributed by atoms with van der Waals surface area (Å²) in [6, 6.07) is 7.88. The van der Waals surface area contributed by atoms with Crippen LogP contribution in [0.1, 0.15) is 12.5 Å². The van der Waals surface area contributed by atoms with Gasteiger partial charge < -0.3 is 9.64 Å². The summed E-state index contributed by atoms with van der Waals surface area (Å²) in [6.45, 7) is 5.69. The molecule has 1 saturated heterocycles. The molecular formula is C18H22N4O5S. The number of aryl methyl sites for hydroxylation is 1. The minimum atomic E-state index is -3.59. The van der Waals surface area contributed by atoms with E-state index in [0.29, 0.717) is 49.9 Å². The van der Waals surface area contributed by atoms with Crippen LogP contribution < -0.4 is 9.64 Å². The van der Waals surface area contributed by atoms with Gasteiger partial charge >= 0.3 is 0 Å². The molecule has 2 heterocycles. The number of nitro groups is 1. The van der Waals surface area contributed by atoms with E-state index in [1.165, 1.54) is 16.6 Å². The molecule has 10 heteroatoms. The highest BCUT2D eigenvalue weighted by Crippen LogP contribution is 2.25. The summed E-state index contributed by atoms with van der Waals surface area (Å²) in [5.74, 6) is 1.27. The van der Waals surface area contributed by atoms with Gasteiger partial charge in [0.2, 0.25) is 10.0 Å². The molecule has 1 aromatic carbocycles. The Bertz CT molecular complexity index is 954. The van der Waals surface area contributed by atoms with E-state index in [9.17, 15) is 18.5 Å². The molecular weight excluding hydrogens is 384 g/mol. The molecule has 1 aromatic heterocycles. The number of sulfonamides is 1. The van der Waals surface area contributed by atoms with Crippen molar-refractivity contribution in [3.05, 3.63) is 52.2 Å². The molecule has 9 nitrogen and oxygen atoms in total. The van der Waals surface area contributed by atoms with Crippen LogP contribution >= 0.6 is 0 Å². The summed E-state index contributed by atoms with van der Waals surface area (Å²) in [7, 11) is -3.59.